The molecule has 0 N–H and O–H groups in total. The first-order valence-corrected chi connectivity index (χ1v) is 7.78. The minimum absolute atomic E-state index is 0.0502. The predicted octanol–water partition coefficient (Wildman–Crippen LogP) is 4.58. The molecule has 6 heteroatoms. The van der Waals surface area contributed by atoms with Crippen molar-refractivity contribution in [2.45, 2.75) is 13.0 Å². The Morgan fingerprint density at radius 3 is 2.56 bits per heavy atom. The van der Waals surface area contributed by atoms with Crippen LogP contribution in [0.1, 0.15) is 18.6 Å². The van der Waals surface area contributed by atoms with E-state index < -0.39 is 11.0 Å². The zero-order chi connectivity index (χ0) is 17.6. The Balaban J connectivity index is 2.04. The Morgan fingerprint density at radius 1 is 1.16 bits per heavy atom. The minimum Gasteiger partial charge on any atom is -0.481 e. The van der Waals surface area contributed by atoms with Crippen LogP contribution in [0.5, 0.6) is 17.2 Å². The molecule has 0 amide bonds. The molecule has 2 aromatic rings. The molecule has 1 atom stereocenters. The summed E-state index contributed by atoms with van der Waals surface area (Å²) >= 11 is 0. The standard InChI is InChI=1S/C19H17NO5/c1-2-3-5-10-17(25-14-8-6-4-7-9-14)15-11-18-19(24-13-23-18)12-16(15)20(21)22/h2-12,17H,13H2,1H3/b3-2+,10-5+. The van der Waals surface area contributed by atoms with Crippen LogP contribution in [0.4, 0.5) is 5.69 Å². The fourth-order valence-corrected chi connectivity index (χ4v) is 2.46. The van der Waals surface area contributed by atoms with Crippen molar-refractivity contribution in [2.75, 3.05) is 6.79 Å². The van der Waals surface area contributed by atoms with E-state index in [-0.39, 0.29) is 12.5 Å². The number of benzene rings is 2. The molecule has 0 aromatic heterocycles. The maximum atomic E-state index is 11.5. The molecule has 1 aliphatic rings. The molecule has 1 aliphatic heterocycles. The third-order valence-electron chi connectivity index (χ3n) is 3.62. The number of fused-ring (bicyclic) bond motifs is 1. The summed E-state index contributed by atoms with van der Waals surface area (Å²) in [6.45, 7) is 1.94. The van der Waals surface area contributed by atoms with Gasteiger partial charge in [0.2, 0.25) is 6.79 Å². The van der Waals surface area contributed by atoms with Crippen molar-refractivity contribution in [3.8, 4) is 17.2 Å². The second kappa shape index (κ2) is 7.53. The number of hydrogen-bond donors (Lipinski definition) is 0. The number of para-hydroxylation sites is 1. The largest absolute Gasteiger partial charge is 0.481 e. The summed E-state index contributed by atoms with van der Waals surface area (Å²) in [6.07, 6.45) is 6.61. The lowest BCUT2D eigenvalue weighted by Gasteiger charge is -2.16. The zero-order valence-electron chi connectivity index (χ0n) is 13.6. The van der Waals surface area contributed by atoms with Crippen molar-refractivity contribution in [3.63, 3.8) is 0 Å². The molecular formula is C19H17NO5. The van der Waals surface area contributed by atoms with E-state index >= 15 is 0 Å². The molecule has 0 radical (unpaired) electrons. The Bertz CT molecular complexity index is 814. The quantitative estimate of drug-likeness (QED) is 0.438. The van der Waals surface area contributed by atoms with E-state index in [4.69, 9.17) is 14.2 Å². The number of rotatable bonds is 6. The number of hydrogen-bond acceptors (Lipinski definition) is 5. The van der Waals surface area contributed by atoms with Crippen molar-refractivity contribution >= 4 is 5.69 Å². The van der Waals surface area contributed by atoms with Crippen LogP contribution >= 0.6 is 0 Å². The van der Waals surface area contributed by atoms with Crippen LogP contribution in [-0.2, 0) is 0 Å². The highest BCUT2D eigenvalue weighted by molar-refractivity contribution is 5.57. The molecule has 2 aromatic carbocycles. The Labute approximate surface area is 145 Å². The SMILES string of the molecule is C/C=C/C=C/C(Oc1ccccc1)c1cc2c(cc1[N+](=O)[O-])OCO2. The summed E-state index contributed by atoms with van der Waals surface area (Å²) < 4.78 is 16.6. The monoisotopic (exact) mass is 339 g/mol. The van der Waals surface area contributed by atoms with Crippen LogP contribution in [-0.4, -0.2) is 11.7 Å². The van der Waals surface area contributed by atoms with E-state index in [2.05, 4.69) is 0 Å². The predicted molar refractivity (Wildman–Crippen MR) is 93.0 cm³/mol. The van der Waals surface area contributed by atoms with E-state index in [1.165, 1.54) is 6.07 Å². The molecule has 0 aliphatic carbocycles. The van der Waals surface area contributed by atoms with Crippen LogP contribution in [0.15, 0.2) is 66.8 Å². The summed E-state index contributed by atoms with van der Waals surface area (Å²) in [5, 5.41) is 11.5. The van der Waals surface area contributed by atoms with Crippen molar-refractivity contribution in [1.82, 2.24) is 0 Å². The van der Waals surface area contributed by atoms with Crippen molar-refractivity contribution in [1.29, 1.82) is 0 Å². The van der Waals surface area contributed by atoms with E-state index in [1.807, 2.05) is 37.3 Å². The third-order valence-corrected chi connectivity index (χ3v) is 3.62. The van der Waals surface area contributed by atoms with Crippen LogP contribution in [0.2, 0.25) is 0 Å². The smallest absolute Gasteiger partial charge is 0.280 e. The molecule has 0 fully saturated rings. The molecule has 0 saturated heterocycles. The Hall–Kier alpha value is -3.28. The summed E-state index contributed by atoms with van der Waals surface area (Å²) in [4.78, 5) is 11.1. The average molecular weight is 339 g/mol. The number of nitro benzene ring substituents is 1. The van der Waals surface area contributed by atoms with Gasteiger partial charge in [0.1, 0.15) is 11.9 Å². The second-order valence-corrected chi connectivity index (χ2v) is 5.28. The van der Waals surface area contributed by atoms with Gasteiger partial charge in [-0.2, -0.15) is 0 Å². The zero-order valence-corrected chi connectivity index (χ0v) is 13.6. The van der Waals surface area contributed by atoms with Crippen molar-refractivity contribution in [3.05, 3.63) is 82.4 Å². The molecule has 128 valence electrons. The molecule has 0 bridgehead atoms. The van der Waals surface area contributed by atoms with Crippen LogP contribution in [0.3, 0.4) is 0 Å². The second-order valence-electron chi connectivity index (χ2n) is 5.28. The van der Waals surface area contributed by atoms with Crippen molar-refractivity contribution in [2.24, 2.45) is 0 Å². The van der Waals surface area contributed by atoms with Gasteiger partial charge in [0.15, 0.2) is 11.5 Å². The third kappa shape index (κ3) is 3.80. The summed E-state index contributed by atoms with van der Waals surface area (Å²) in [5.74, 6) is 1.46. The lowest BCUT2D eigenvalue weighted by atomic mass is 10.0. The molecular weight excluding hydrogens is 322 g/mol. The van der Waals surface area contributed by atoms with Gasteiger partial charge in [-0.15, -0.1) is 0 Å². The maximum absolute atomic E-state index is 11.5. The Morgan fingerprint density at radius 2 is 1.88 bits per heavy atom. The molecule has 6 nitrogen and oxygen atoms in total. The summed E-state index contributed by atoms with van der Waals surface area (Å²) in [5.41, 5.74) is 0.328. The van der Waals surface area contributed by atoms with Gasteiger partial charge < -0.3 is 14.2 Å². The molecule has 1 unspecified atom stereocenters. The van der Waals surface area contributed by atoms with E-state index in [0.29, 0.717) is 22.8 Å². The topological polar surface area (TPSA) is 70.8 Å². The number of nitro groups is 1. The molecule has 3 rings (SSSR count). The van der Waals surface area contributed by atoms with E-state index in [1.54, 1.807) is 30.4 Å². The van der Waals surface area contributed by atoms with E-state index in [9.17, 15) is 10.1 Å². The number of nitrogens with zero attached hydrogens (tertiary/aromatic N) is 1. The average Bonchev–Trinajstić information content (AvgIpc) is 3.08. The van der Waals surface area contributed by atoms with Crippen LogP contribution < -0.4 is 14.2 Å². The minimum atomic E-state index is -0.645. The van der Waals surface area contributed by atoms with Gasteiger partial charge in [0.25, 0.3) is 5.69 Å². The van der Waals surface area contributed by atoms with Gasteiger partial charge in [0, 0.05) is 0 Å². The van der Waals surface area contributed by atoms with Gasteiger partial charge >= 0.3 is 0 Å². The van der Waals surface area contributed by atoms with Gasteiger partial charge in [-0.3, -0.25) is 10.1 Å². The van der Waals surface area contributed by atoms with Gasteiger partial charge in [-0.05, 0) is 31.2 Å². The van der Waals surface area contributed by atoms with Gasteiger partial charge in [-0.1, -0.05) is 36.4 Å². The molecule has 1 heterocycles. The number of ether oxygens (including phenoxy) is 3. The summed E-state index contributed by atoms with van der Waals surface area (Å²) in [6, 6.07) is 12.1. The normalized spacial score (nSPS) is 14.1. The first kappa shape index (κ1) is 16.6. The number of allylic oxidation sites excluding steroid dienone is 3. The molecule has 0 saturated carbocycles. The van der Waals surface area contributed by atoms with Gasteiger partial charge in [-0.25, -0.2) is 0 Å². The van der Waals surface area contributed by atoms with Crippen molar-refractivity contribution < 1.29 is 19.1 Å². The first-order chi connectivity index (χ1) is 12.2. The highest BCUT2D eigenvalue weighted by Gasteiger charge is 2.28. The molecule has 0 spiro atoms. The lowest BCUT2D eigenvalue weighted by Crippen LogP contribution is -2.08. The first-order valence-electron chi connectivity index (χ1n) is 7.78. The highest BCUT2D eigenvalue weighted by Crippen LogP contribution is 2.41. The maximum Gasteiger partial charge on any atom is 0.280 e. The van der Waals surface area contributed by atoms with Crippen LogP contribution in [0, 0.1) is 10.1 Å². The highest BCUT2D eigenvalue weighted by atomic mass is 16.7. The summed E-state index contributed by atoms with van der Waals surface area (Å²) in [7, 11) is 0. The fraction of sp³-hybridized carbons (Fsp3) is 0.158. The van der Waals surface area contributed by atoms with Gasteiger partial charge in [0.05, 0.1) is 16.6 Å². The Kier molecular flexibility index (Phi) is 4.99. The lowest BCUT2D eigenvalue weighted by molar-refractivity contribution is -0.386. The molecule has 25 heavy (non-hydrogen) atoms. The van der Waals surface area contributed by atoms with E-state index in [0.717, 1.165) is 0 Å². The van der Waals surface area contributed by atoms with Crippen LogP contribution in [0.25, 0.3) is 0 Å². The fourth-order valence-electron chi connectivity index (χ4n) is 2.46.